The Morgan fingerprint density at radius 3 is 2.87 bits per heavy atom. The Labute approximate surface area is 92.7 Å². The molecule has 15 heavy (non-hydrogen) atoms. The lowest BCUT2D eigenvalue weighted by atomic mass is 9.50. The second-order valence-electron chi connectivity index (χ2n) is 5.44. The van der Waals surface area contributed by atoms with Gasteiger partial charge in [0, 0.05) is 0 Å². The lowest BCUT2D eigenvalue weighted by Gasteiger charge is -2.54. The van der Waals surface area contributed by atoms with E-state index in [4.69, 9.17) is 0 Å². The van der Waals surface area contributed by atoms with Gasteiger partial charge in [-0.15, -0.1) is 0 Å². The van der Waals surface area contributed by atoms with Crippen LogP contribution in [0.4, 0.5) is 0 Å². The summed E-state index contributed by atoms with van der Waals surface area (Å²) in [6.07, 6.45) is 7.01. The molecule has 0 amide bonds. The van der Waals surface area contributed by atoms with Gasteiger partial charge in [-0.25, -0.2) is 0 Å². The summed E-state index contributed by atoms with van der Waals surface area (Å²) < 4.78 is 0. The summed E-state index contributed by atoms with van der Waals surface area (Å²) in [4.78, 5) is 0. The Balaban J connectivity index is 2.14. The van der Waals surface area contributed by atoms with Crippen molar-refractivity contribution in [3.05, 3.63) is 34.9 Å². The molecule has 1 fully saturated rings. The molecular weight excluding hydrogens is 180 g/mol. The van der Waals surface area contributed by atoms with Gasteiger partial charge in [-0.05, 0) is 61.5 Å². The Hall–Kier alpha value is -0.780. The number of hydrogen-bond acceptors (Lipinski definition) is 0. The molecule has 1 unspecified atom stereocenters. The maximum Gasteiger partial charge on any atom is -0.00183 e. The largest absolute Gasteiger partial charge is 0.0645 e. The van der Waals surface area contributed by atoms with Gasteiger partial charge in [0.1, 0.15) is 0 Å². The molecule has 80 valence electrons. The highest BCUT2D eigenvalue weighted by atomic mass is 14.5. The molecule has 1 saturated carbocycles. The molecule has 2 aliphatic rings. The van der Waals surface area contributed by atoms with Crippen molar-refractivity contribution in [2.45, 2.75) is 51.4 Å². The molecule has 0 aliphatic heterocycles. The molecular formula is C15H20. The maximum atomic E-state index is 2.46. The van der Waals surface area contributed by atoms with Crippen LogP contribution in [-0.2, 0) is 11.8 Å². The molecule has 0 radical (unpaired) electrons. The summed E-state index contributed by atoms with van der Waals surface area (Å²) in [6.45, 7) is 4.61. The molecule has 3 rings (SSSR count). The van der Waals surface area contributed by atoms with Crippen LogP contribution < -0.4 is 0 Å². The minimum absolute atomic E-state index is 0.583. The second kappa shape index (κ2) is 3.10. The van der Waals surface area contributed by atoms with Gasteiger partial charge in [0.05, 0.1) is 0 Å². The highest BCUT2D eigenvalue weighted by Gasteiger charge is 2.48. The molecule has 1 aromatic rings. The topological polar surface area (TPSA) is 0 Å². The highest BCUT2D eigenvalue weighted by molar-refractivity contribution is 5.42. The zero-order valence-corrected chi connectivity index (χ0v) is 9.84. The van der Waals surface area contributed by atoms with E-state index in [2.05, 4.69) is 32.0 Å². The highest BCUT2D eigenvalue weighted by Crippen LogP contribution is 2.56. The third-order valence-corrected chi connectivity index (χ3v) is 4.92. The van der Waals surface area contributed by atoms with Gasteiger partial charge in [-0.2, -0.15) is 0 Å². The minimum Gasteiger partial charge on any atom is -0.0645 e. The van der Waals surface area contributed by atoms with Crippen LogP contribution in [0.1, 0.15) is 49.3 Å². The van der Waals surface area contributed by atoms with Crippen molar-refractivity contribution >= 4 is 0 Å². The van der Waals surface area contributed by atoms with Gasteiger partial charge in [0.2, 0.25) is 0 Å². The van der Waals surface area contributed by atoms with Crippen molar-refractivity contribution in [1.82, 2.24) is 0 Å². The summed E-state index contributed by atoms with van der Waals surface area (Å²) >= 11 is 0. The number of fused-ring (bicyclic) bond motifs is 3. The van der Waals surface area contributed by atoms with Gasteiger partial charge in [0.25, 0.3) is 0 Å². The van der Waals surface area contributed by atoms with E-state index in [0.717, 1.165) is 5.92 Å². The average Bonchev–Trinajstić information content (AvgIpc) is 2.20. The third-order valence-electron chi connectivity index (χ3n) is 4.92. The van der Waals surface area contributed by atoms with Gasteiger partial charge in [-0.3, -0.25) is 0 Å². The summed E-state index contributed by atoms with van der Waals surface area (Å²) in [6, 6.07) is 7.11. The SMILES string of the molecule is CC[C@]12CCC1CCc1ccc(C)cc12. The first-order valence-corrected chi connectivity index (χ1v) is 6.36. The van der Waals surface area contributed by atoms with Gasteiger partial charge < -0.3 is 0 Å². The summed E-state index contributed by atoms with van der Waals surface area (Å²) in [5, 5.41) is 0. The Kier molecular flexibility index (Phi) is 1.95. The van der Waals surface area contributed by atoms with E-state index in [1.165, 1.54) is 37.7 Å². The van der Waals surface area contributed by atoms with Crippen molar-refractivity contribution in [1.29, 1.82) is 0 Å². The second-order valence-corrected chi connectivity index (χ2v) is 5.44. The van der Waals surface area contributed by atoms with E-state index in [-0.39, 0.29) is 0 Å². The molecule has 2 atom stereocenters. The quantitative estimate of drug-likeness (QED) is 0.643. The van der Waals surface area contributed by atoms with Crippen LogP contribution in [0.3, 0.4) is 0 Å². The fourth-order valence-corrected chi connectivity index (χ4v) is 3.83. The summed E-state index contributed by atoms with van der Waals surface area (Å²) in [7, 11) is 0. The van der Waals surface area contributed by atoms with E-state index >= 15 is 0 Å². The van der Waals surface area contributed by atoms with Gasteiger partial charge >= 0.3 is 0 Å². The molecule has 0 N–H and O–H groups in total. The fourth-order valence-electron chi connectivity index (χ4n) is 3.83. The molecule has 0 saturated heterocycles. The summed E-state index contributed by atoms with van der Waals surface area (Å²) in [5.41, 5.74) is 5.36. The first-order chi connectivity index (χ1) is 7.26. The van der Waals surface area contributed by atoms with Crippen LogP contribution in [-0.4, -0.2) is 0 Å². The molecule has 2 aliphatic carbocycles. The molecule has 0 heterocycles. The Morgan fingerprint density at radius 2 is 2.20 bits per heavy atom. The number of rotatable bonds is 1. The van der Waals surface area contributed by atoms with E-state index < -0.39 is 0 Å². The predicted octanol–water partition coefficient (Wildman–Crippen LogP) is 4.00. The van der Waals surface area contributed by atoms with E-state index in [1.807, 2.05) is 0 Å². The molecule has 1 aromatic carbocycles. The zero-order valence-electron chi connectivity index (χ0n) is 9.84. The standard InChI is InChI=1S/C15H20/c1-3-15-9-8-13(15)7-6-12-5-4-11(2)10-14(12)15/h4-5,10,13H,3,6-9H2,1-2H3/t13?,15-/m0/s1. The van der Waals surface area contributed by atoms with Crippen LogP contribution in [0.2, 0.25) is 0 Å². The number of aryl methyl sites for hydroxylation is 2. The van der Waals surface area contributed by atoms with Crippen molar-refractivity contribution in [3.8, 4) is 0 Å². The number of hydrogen-bond donors (Lipinski definition) is 0. The van der Waals surface area contributed by atoms with Crippen LogP contribution in [0.5, 0.6) is 0 Å². The Morgan fingerprint density at radius 1 is 1.33 bits per heavy atom. The van der Waals surface area contributed by atoms with E-state index in [9.17, 15) is 0 Å². The zero-order chi connectivity index (χ0) is 10.5. The average molecular weight is 200 g/mol. The first-order valence-electron chi connectivity index (χ1n) is 6.36. The van der Waals surface area contributed by atoms with Crippen LogP contribution >= 0.6 is 0 Å². The molecule has 0 heteroatoms. The lowest BCUT2D eigenvalue weighted by molar-refractivity contribution is 0.0930. The normalized spacial score (nSPS) is 32.8. The van der Waals surface area contributed by atoms with E-state index in [1.54, 1.807) is 11.1 Å². The van der Waals surface area contributed by atoms with Crippen LogP contribution in [0.25, 0.3) is 0 Å². The van der Waals surface area contributed by atoms with Crippen molar-refractivity contribution in [2.24, 2.45) is 5.92 Å². The third kappa shape index (κ3) is 1.14. The van der Waals surface area contributed by atoms with E-state index in [0.29, 0.717) is 5.41 Å². The number of benzene rings is 1. The Bertz CT molecular complexity index is 387. The smallest absolute Gasteiger partial charge is 0.00183 e. The lowest BCUT2D eigenvalue weighted by Crippen LogP contribution is -2.47. The molecule has 0 spiro atoms. The molecule has 0 nitrogen and oxygen atoms in total. The van der Waals surface area contributed by atoms with Crippen molar-refractivity contribution in [3.63, 3.8) is 0 Å². The van der Waals surface area contributed by atoms with Crippen molar-refractivity contribution < 1.29 is 0 Å². The van der Waals surface area contributed by atoms with Crippen LogP contribution in [0.15, 0.2) is 18.2 Å². The minimum atomic E-state index is 0.583. The fraction of sp³-hybridized carbons (Fsp3) is 0.600. The maximum absolute atomic E-state index is 2.46. The first kappa shape index (κ1) is 9.45. The van der Waals surface area contributed by atoms with Crippen LogP contribution in [0, 0.1) is 12.8 Å². The van der Waals surface area contributed by atoms with Gasteiger partial charge in [-0.1, -0.05) is 30.7 Å². The van der Waals surface area contributed by atoms with Gasteiger partial charge in [0.15, 0.2) is 0 Å². The summed E-state index contributed by atoms with van der Waals surface area (Å²) in [5.74, 6) is 0.997. The van der Waals surface area contributed by atoms with Crippen molar-refractivity contribution in [2.75, 3.05) is 0 Å². The molecule has 0 aromatic heterocycles. The predicted molar refractivity (Wildman–Crippen MR) is 64.2 cm³/mol. The monoisotopic (exact) mass is 200 g/mol. The molecule has 0 bridgehead atoms.